The molecule has 1 aromatic heterocycles. The van der Waals surface area contributed by atoms with E-state index in [1.165, 1.54) is 0 Å². The zero-order chi connectivity index (χ0) is 8.97. The average Bonchev–Trinajstić information content (AvgIpc) is 2.16. The van der Waals surface area contributed by atoms with Gasteiger partial charge in [0.2, 0.25) is 0 Å². The Morgan fingerprint density at radius 3 is 2.50 bits per heavy atom. The number of thioether (sulfide) groups is 1. The van der Waals surface area contributed by atoms with Crippen molar-refractivity contribution < 1.29 is 0 Å². The normalized spacial score (nSPS) is 9.42. The maximum absolute atomic E-state index is 4.22. The zero-order valence-corrected chi connectivity index (χ0v) is 7.90. The molecule has 0 N–H and O–H groups in total. The standard InChI is InChI=1S/C10H11NS/c1-4-8-6-10(12-3)11-7-9(8)5-2/h4-7H,1-2H2,3H3. The van der Waals surface area contributed by atoms with Crippen LogP contribution in [0.4, 0.5) is 0 Å². The monoisotopic (exact) mass is 177 g/mol. The first kappa shape index (κ1) is 9.07. The van der Waals surface area contributed by atoms with Crippen molar-refractivity contribution in [1.29, 1.82) is 0 Å². The average molecular weight is 177 g/mol. The fourth-order valence-electron chi connectivity index (χ4n) is 0.920. The van der Waals surface area contributed by atoms with Crippen molar-refractivity contribution in [3.63, 3.8) is 0 Å². The fourth-order valence-corrected chi connectivity index (χ4v) is 1.32. The third-order valence-electron chi connectivity index (χ3n) is 1.59. The molecule has 0 aliphatic carbocycles. The van der Waals surface area contributed by atoms with Gasteiger partial charge in [-0.05, 0) is 23.4 Å². The van der Waals surface area contributed by atoms with E-state index in [0.717, 1.165) is 16.2 Å². The minimum Gasteiger partial charge on any atom is -0.249 e. The summed E-state index contributed by atoms with van der Waals surface area (Å²) in [5.74, 6) is 0. The van der Waals surface area contributed by atoms with Gasteiger partial charge in [0.1, 0.15) is 0 Å². The quantitative estimate of drug-likeness (QED) is 0.658. The molecule has 1 rings (SSSR count). The van der Waals surface area contributed by atoms with E-state index in [-0.39, 0.29) is 0 Å². The highest BCUT2D eigenvalue weighted by Crippen LogP contribution is 2.17. The first-order valence-electron chi connectivity index (χ1n) is 3.60. The summed E-state index contributed by atoms with van der Waals surface area (Å²) in [5.41, 5.74) is 2.12. The highest BCUT2D eigenvalue weighted by atomic mass is 32.2. The lowest BCUT2D eigenvalue weighted by molar-refractivity contribution is 1.13. The predicted molar refractivity (Wildman–Crippen MR) is 56.2 cm³/mol. The minimum atomic E-state index is 1.01. The van der Waals surface area contributed by atoms with E-state index in [2.05, 4.69) is 18.1 Å². The summed E-state index contributed by atoms with van der Waals surface area (Å²) in [4.78, 5) is 4.22. The number of nitrogens with zero attached hydrogens (tertiary/aromatic N) is 1. The van der Waals surface area contributed by atoms with E-state index in [1.54, 1.807) is 17.8 Å². The van der Waals surface area contributed by atoms with Crippen LogP contribution in [-0.2, 0) is 0 Å². The van der Waals surface area contributed by atoms with Gasteiger partial charge in [-0.2, -0.15) is 0 Å². The lowest BCUT2D eigenvalue weighted by Gasteiger charge is -2.01. The summed E-state index contributed by atoms with van der Waals surface area (Å²) < 4.78 is 0. The first-order chi connectivity index (χ1) is 5.81. The molecule has 1 heterocycles. The summed E-state index contributed by atoms with van der Waals surface area (Å²) in [5, 5.41) is 1.01. The number of hydrogen-bond acceptors (Lipinski definition) is 2. The Bertz CT molecular complexity index is 305. The number of rotatable bonds is 3. The van der Waals surface area contributed by atoms with Crippen LogP contribution >= 0.6 is 11.8 Å². The number of aromatic nitrogens is 1. The topological polar surface area (TPSA) is 12.9 Å². The Labute approximate surface area is 77.2 Å². The minimum absolute atomic E-state index is 1.01. The van der Waals surface area contributed by atoms with Gasteiger partial charge in [0.05, 0.1) is 5.03 Å². The molecule has 0 spiro atoms. The highest BCUT2D eigenvalue weighted by Gasteiger charge is 1.97. The van der Waals surface area contributed by atoms with E-state index < -0.39 is 0 Å². The second-order valence-corrected chi connectivity index (χ2v) is 3.09. The van der Waals surface area contributed by atoms with Crippen molar-refractivity contribution in [3.8, 4) is 0 Å². The molecule has 0 fully saturated rings. The lowest BCUT2D eigenvalue weighted by atomic mass is 10.1. The molecule has 0 unspecified atom stereocenters. The summed E-state index contributed by atoms with van der Waals surface area (Å²) >= 11 is 1.62. The number of pyridine rings is 1. The molecule has 62 valence electrons. The fraction of sp³-hybridized carbons (Fsp3) is 0.100. The van der Waals surface area contributed by atoms with E-state index >= 15 is 0 Å². The lowest BCUT2D eigenvalue weighted by Crippen LogP contribution is -1.85. The Morgan fingerprint density at radius 1 is 1.33 bits per heavy atom. The van der Waals surface area contributed by atoms with E-state index in [1.807, 2.05) is 24.6 Å². The molecular formula is C10H11NS. The van der Waals surface area contributed by atoms with Gasteiger partial charge < -0.3 is 0 Å². The first-order valence-corrected chi connectivity index (χ1v) is 4.83. The Balaban J connectivity index is 3.18. The third kappa shape index (κ3) is 1.77. The summed E-state index contributed by atoms with van der Waals surface area (Å²) in [6, 6.07) is 2.01. The molecule has 0 saturated heterocycles. The second kappa shape index (κ2) is 4.12. The van der Waals surface area contributed by atoms with Crippen LogP contribution in [0, 0.1) is 0 Å². The SMILES string of the molecule is C=Cc1cnc(SC)cc1C=C. The molecule has 1 aromatic rings. The van der Waals surface area contributed by atoms with Crippen LogP contribution in [-0.4, -0.2) is 11.2 Å². The Hall–Kier alpha value is -1.02. The van der Waals surface area contributed by atoms with Crippen LogP contribution in [0.15, 0.2) is 30.4 Å². The molecule has 0 radical (unpaired) electrons. The second-order valence-electron chi connectivity index (χ2n) is 2.26. The van der Waals surface area contributed by atoms with E-state index in [9.17, 15) is 0 Å². The third-order valence-corrected chi connectivity index (χ3v) is 2.23. The van der Waals surface area contributed by atoms with Crippen LogP contribution in [0.2, 0.25) is 0 Å². The van der Waals surface area contributed by atoms with Gasteiger partial charge in [0.15, 0.2) is 0 Å². The van der Waals surface area contributed by atoms with Gasteiger partial charge in [-0.25, -0.2) is 4.98 Å². The van der Waals surface area contributed by atoms with Gasteiger partial charge in [0, 0.05) is 6.20 Å². The van der Waals surface area contributed by atoms with Gasteiger partial charge in [-0.1, -0.05) is 25.3 Å². The van der Waals surface area contributed by atoms with Crippen LogP contribution in [0.3, 0.4) is 0 Å². The van der Waals surface area contributed by atoms with E-state index in [4.69, 9.17) is 0 Å². The maximum Gasteiger partial charge on any atom is 0.0963 e. The van der Waals surface area contributed by atoms with Gasteiger partial charge in [-0.15, -0.1) is 11.8 Å². The van der Waals surface area contributed by atoms with Gasteiger partial charge in [-0.3, -0.25) is 0 Å². The van der Waals surface area contributed by atoms with Crippen molar-refractivity contribution in [2.75, 3.05) is 6.26 Å². The largest absolute Gasteiger partial charge is 0.249 e. The Kier molecular flexibility index (Phi) is 3.11. The molecular weight excluding hydrogens is 166 g/mol. The Morgan fingerprint density at radius 2 is 2.00 bits per heavy atom. The smallest absolute Gasteiger partial charge is 0.0963 e. The van der Waals surface area contributed by atoms with Crippen molar-refractivity contribution in [1.82, 2.24) is 4.98 Å². The zero-order valence-electron chi connectivity index (χ0n) is 7.08. The number of hydrogen-bond donors (Lipinski definition) is 0. The maximum atomic E-state index is 4.22. The molecule has 0 aliphatic rings. The van der Waals surface area contributed by atoms with Crippen molar-refractivity contribution in [3.05, 3.63) is 36.5 Å². The molecule has 2 heteroatoms. The molecule has 0 bridgehead atoms. The molecule has 0 amide bonds. The van der Waals surface area contributed by atoms with Gasteiger partial charge in [0.25, 0.3) is 0 Å². The van der Waals surface area contributed by atoms with E-state index in [0.29, 0.717) is 0 Å². The summed E-state index contributed by atoms with van der Waals surface area (Å²) in [7, 11) is 0. The summed E-state index contributed by atoms with van der Waals surface area (Å²) in [6.07, 6.45) is 7.42. The molecule has 0 aromatic carbocycles. The van der Waals surface area contributed by atoms with Crippen LogP contribution < -0.4 is 0 Å². The highest BCUT2D eigenvalue weighted by molar-refractivity contribution is 7.98. The molecule has 0 aliphatic heterocycles. The van der Waals surface area contributed by atoms with Crippen molar-refractivity contribution >= 4 is 23.9 Å². The van der Waals surface area contributed by atoms with Crippen LogP contribution in [0.5, 0.6) is 0 Å². The molecule has 1 nitrogen and oxygen atoms in total. The van der Waals surface area contributed by atoms with Crippen LogP contribution in [0.25, 0.3) is 12.2 Å². The van der Waals surface area contributed by atoms with Crippen LogP contribution in [0.1, 0.15) is 11.1 Å². The van der Waals surface area contributed by atoms with Gasteiger partial charge >= 0.3 is 0 Å². The van der Waals surface area contributed by atoms with Crippen molar-refractivity contribution in [2.45, 2.75) is 5.03 Å². The predicted octanol–water partition coefficient (Wildman–Crippen LogP) is 3.09. The molecule has 0 saturated carbocycles. The summed E-state index contributed by atoms with van der Waals surface area (Å²) in [6.45, 7) is 7.43. The van der Waals surface area contributed by atoms with Crippen molar-refractivity contribution in [2.24, 2.45) is 0 Å². The molecule has 0 atom stereocenters. The molecule has 12 heavy (non-hydrogen) atoms.